The molecule has 0 bridgehead atoms. The zero-order valence-corrected chi connectivity index (χ0v) is 13.5. The van der Waals surface area contributed by atoms with Gasteiger partial charge in [0.2, 0.25) is 0 Å². The first-order valence-corrected chi connectivity index (χ1v) is 8.40. The van der Waals surface area contributed by atoms with E-state index in [2.05, 4.69) is 27.3 Å². The van der Waals surface area contributed by atoms with Crippen LogP contribution < -0.4 is 5.32 Å². The molecule has 1 aliphatic heterocycles. The van der Waals surface area contributed by atoms with Crippen LogP contribution >= 0.6 is 27.7 Å². The second kappa shape index (κ2) is 6.20. The number of halogens is 2. The molecular weight excluding hydrogens is 353 g/mol. The van der Waals surface area contributed by atoms with Crippen molar-refractivity contribution in [3.05, 3.63) is 63.9 Å². The Bertz CT molecular complexity index is 692. The maximum absolute atomic E-state index is 13.2. The molecule has 21 heavy (non-hydrogen) atoms. The molecule has 0 saturated carbocycles. The Morgan fingerprint density at radius 2 is 2.10 bits per heavy atom. The lowest BCUT2D eigenvalue weighted by Crippen LogP contribution is -2.30. The van der Waals surface area contributed by atoms with Crippen molar-refractivity contribution in [1.29, 1.82) is 0 Å². The van der Waals surface area contributed by atoms with Crippen molar-refractivity contribution in [2.75, 3.05) is 5.75 Å². The van der Waals surface area contributed by atoms with Gasteiger partial charge in [-0.05, 0) is 52.2 Å². The Labute approximate surface area is 135 Å². The van der Waals surface area contributed by atoms with Gasteiger partial charge in [0.25, 0.3) is 5.91 Å². The number of hydrogen-bond donors (Lipinski definition) is 1. The molecule has 1 aliphatic rings. The van der Waals surface area contributed by atoms with Gasteiger partial charge in [-0.2, -0.15) is 0 Å². The average Bonchev–Trinajstić information content (AvgIpc) is 2.50. The Hall–Kier alpha value is -1.33. The molecule has 5 heteroatoms. The van der Waals surface area contributed by atoms with Gasteiger partial charge in [0.05, 0.1) is 10.5 Å². The van der Waals surface area contributed by atoms with E-state index in [1.807, 2.05) is 30.0 Å². The van der Waals surface area contributed by atoms with Crippen molar-refractivity contribution in [3.8, 4) is 0 Å². The molecule has 1 N–H and O–H groups in total. The quantitative estimate of drug-likeness (QED) is 0.845. The average molecular weight is 366 g/mol. The third kappa shape index (κ3) is 3.14. The van der Waals surface area contributed by atoms with E-state index >= 15 is 0 Å². The van der Waals surface area contributed by atoms with E-state index < -0.39 is 0 Å². The summed E-state index contributed by atoms with van der Waals surface area (Å²) in [6.45, 7) is 0. The van der Waals surface area contributed by atoms with Gasteiger partial charge in [0, 0.05) is 16.2 Å². The Morgan fingerprint density at radius 3 is 2.90 bits per heavy atom. The number of rotatable bonds is 2. The van der Waals surface area contributed by atoms with E-state index in [-0.39, 0.29) is 17.8 Å². The van der Waals surface area contributed by atoms with Crippen molar-refractivity contribution >= 4 is 33.6 Å². The number of carbonyl (C=O) groups is 1. The summed E-state index contributed by atoms with van der Waals surface area (Å²) in [6.07, 6.45) is 0.899. The molecule has 0 spiro atoms. The van der Waals surface area contributed by atoms with Crippen LogP contribution in [0.2, 0.25) is 0 Å². The van der Waals surface area contributed by atoms with Crippen molar-refractivity contribution in [3.63, 3.8) is 0 Å². The van der Waals surface area contributed by atoms with E-state index in [0.29, 0.717) is 10.0 Å². The summed E-state index contributed by atoms with van der Waals surface area (Å²) < 4.78 is 13.5. The van der Waals surface area contributed by atoms with Crippen molar-refractivity contribution < 1.29 is 9.18 Å². The van der Waals surface area contributed by atoms with Crippen LogP contribution in [0, 0.1) is 5.82 Å². The highest BCUT2D eigenvalue weighted by Gasteiger charge is 2.22. The van der Waals surface area contributed by atoms with Crippen LogP contribution in [0.25, 0.3) is 0 Å². The number of benzene rings is 2. The van der Waals surface area contributed by atoms with Crippen LogP contribution in [0.1, 0.15) is 28.4 Å². The van der Waals surface area contributed by atoms with Crippen LogP contribution in [0.5, 0.6) is 0 Å². The zero-order valence-electron chi connectivity index (χ0n) is 11.1. The number of amides is 1. The number of hydrogen-bond acceptors (Lipinski definition) is 2. The highest BCUT2D eigenvalue weighted by atomic mass is 79.9. The first-order chi connectivity index (χ1) is 10.1. The van der Waals surface area contributed by atoms with Gasteiger partial charge in [-0.3, -0.25) is 4.79 Å². The Morgan fingerprint density at radius 1 is 1.29 bits per heavy atom. The Balaban J connectivity index is 1.81. The molecule has 0 radical (unpaired) electrons. The molecule has 2 aromatic rings. The fourth-order valence-corrected chi connectivity index (χ4v) is 3.87. The van der Waals surface area contributed by atoms with Gasteiger partial charge in [-0.1, -0.05) is 18.2 Å². The predicted octanol–water partition coefficient (Wildman–Crippen LogP) is 4.56. The minimum Gasteiger partial charge on any atom is -0.345 e. The molecule has 2 aromatic carbocycles. The summed E-state index contributed by atoms with van der Waals surface area (Å²) in [4.78, 5) is 13.5. The zero-order chi connectivity index (χ0) is 14.8. The van der Waals surface area contributed by atoms with E-state index in [4.69, 9.17) is 0 Å². The third-order valence-electron chi connectivity index (χ3n) is 3.45. The fraction of sp³-hybridized carbons (Fsp3) is 0.188. The topological polar surface area (TPSA) is 29.1 Å². The fourth-order valence-electron chi connectivity index (χ4n) is 2.37. The molecule has 0 aliphatic carbocycles. The van der Waals surface area contributed by atoms with E-state index in [0.717, 1.165) is 17.7 Å². The van der Waals surface area contributed by atoms with E-state index in [1.165, 1.54) is 23.1 Å². The summed E-state index contributed by atoms with van der Waals surface area (Å²) in [5.74, 6) is 0.433. The molecule has 108 valence electrons. The van der Waals surface area contributed by atoms with E-state index in [9.17, 15) is 9.18 Å². The van der Waals surface area contributed by atoms with Crippen LogP contribution in [-0.4, -0.2) is 11.7 Å². The number of fused-ring (bicyclic) bond motifs is 1. The lowest BCUT2D eigenvalue weighted by atomic mass is 10.0. The second-order valence-corrected chi connectivity index (χ2v) is 6.82. The van der Waals surface area contributed by atoms with Gasteiger partial charge in [-0.15, -0.1) is 11.8 Å². The maximum atomic E-state index is 13.2. The van der Waals surface area contributed by atoms with Crippen LogP contribution in [0.4, 0.5) is 4.39 Å². The first kappa shape index (κ1) is 14.6. The molecule has 2 nitrogen and oxygen atoms in total. The molecule has 0 aromatic heterocycles. The molecule has 1 atom stereocenters. The van der Waals surface area contributed by atoms with Gasteiger partial charge in [0.15, 0.2) is 0 Å². The van der Waals surface area contributed by atoms with Crippen LogP contribution in [0.15, 0.2) is 51.8 Å². The van der Waals surface area contributed by atoms with Gasteiger partial charge >= 0.3 is 0 Å². The van der Waals surface area contributed by atoms with E-state index in [1.54, 1.807) is 0 Å². The summed E-state index contributed by atoms with van der Waals surface area (Å²) in [6, 6.07) is 12.4. The smallest absolute Gasteiger partial charge is 0.251 e. The van der Waals surface area contributed by atoms with Gasteiger partial charge in [-0.25, -0.2) is 4.39 Å². The number of nitrogens with one attached hydrogen (secondary N) is 1. The second-order valence-electron chi connectivity index (χ2n) is 4.83. The summed E-state index contributed by atoms with van der Waals surface area (Å²) in [5, 5.41) is 3.04. The molecule has 1 heterocycles. The standard InChI is InChI=1S/C16H13BrFNOS/c17-12-9-10(5-6-13(12)18)16(20)19-14-7-8-21-15-4-2-1-3-11(14)15/h1-6,9,14H,7-8H2,(H,19,20). The highest BCUT2D eigenvalue weighted by molar-refractivity contribution is 9.10. The maximum Gasteiger partial charge on any atom is 0.251 e. The molecule has 1 amide bonds. The third-order valence-corrected chi connectivity index (χ3v) is 5.18. The molecule has 0 saturated heterocycles. The highest BCUT2D eigenvalue weighted by Crippen LogP contribution is 2.35. The minimum atomic E-state index is -0.369. The molecule has 0 fully saturated rings. The van der Waals surface area contributed by atoms with Crippen LogP contribution in [-0.2, 0) is 0 Å². The lowest BCUT2D eigenvalue weighted by molar-refractivity contribution is 0.0935. The summed E-state index contributed by atoms with van der Waals surface area (Å²) in [7, 11) is 0. The van der Waals surface area contributed by atoms with Gasteiger partial charge in [0.1, 0.15) is 5.82 Å². The van der Waals surface area contributed by atoms with Gasteiger partial charge < -0.3 is 5.32 Å². The molecule has 1 unspecified atom stereocenters. The predicted molar refractivity (Wildman–Crippen MR) is 86.1 cm³/mol. The van der Waals surface area contributed by atoms with Crippen LogP contribution in [0.3, 0.4) is 0 Å². The molecule has 3 rings (SSSR count). The monoisotopic (exact) mass is 365 g/mol. The van der Waals surface area contributed by atoms with Crippen molar-refractivity contribution in [1.82, 2.24) is 5.32 Å². The minimum absolute atomic E-state index is 0.0128. The first-order valence-electron chi connectivity index (χ1n) is 6.63. The lowest BCUT2D eigenvalue weighted by Gasteiger charge is -2.25. The SMILES string of the molecule is O=C(NC1CCSc2ccccc21)c1ccc(F)c(Br)c1. The summed E-state index contributed by atoms with van der Waals surface area (Å²) in [5.41, 5.74) is 1.61. The normalized spacial score (nSPS) is 17.1. The van der Waals surface area contributed by atoms with Crippen molar-refractivity contribution in [2.24, 2.45) is 0 Å². The summed E-state index contributed by atoms with van der Waals surface area (Å²) >= 11 is 4.92. The number of carbonyl (C=O) groups excluding carboxylic acids is 1. The Kier molecular flexibility index (Phi) is 4.31. The van der Waals surface area contributed by atoms with Crippen molar-refractivity contribution in [2.45, 2.75) is 17.4 Å². The molecular formula is C16H13BrFNOS. The largest absolute Gasteiger partial charge is 0.345 e. The number of thioether (sulfide) groups is 1.